The average Bonchev–Trinajstić information content (AvgIpc) is 3.18. The first-order valence-electron chi connectivity index (χ1n) is 10.5. The Balaban J connectivity index is 1.55. The number of amides is 1. The first-order chi connectivity index (χ1) is 16.0. The van der Waals surface area contributed by atoms with E-state index in [9.17, 15) is 4.79 Å². The molecule has 33 heavy (non-hydrogen) atoms. The molecular formula is C24H27ClN4O3S. The monoisotopic (exact) mass is 486 g/mol. The summed E-state index contributed by atoms with van der Waals surface area (Å²) in [4.78, 5) is 12.5. The van der Waals surface area contributed by atoms with Gasteiger partial charge < -0.3 is 19.4 Å². The van der Waals surface area contributed by atoms with Gasteiger partial charge in [-0.2, -0.15) is 0 Å². The van der Waals surface area contributed by atoms with Gasteiger partial charge in [-0.1, -0.05) is 47.6 Å². The molecule has 0 bridgehead atoms. The molecule has 0 aliphatic heterocycles. The Bertz CT molecular complexity index is 1100. The Morgan fingerprint density at radius 1 is 1.24 bits per heavy atom. The molecule has 7 nitrogen and oxygen atoms in total. The van der Waals surface area contributed by atoms with Gasteiger partial charge in [-0.15, -0.1) is 16.8 Å². The molecule has 0 saturated carbocycles. The normalized spacial score (nSPS) is 10.6. The third-order valence-electron chi connectivity index (χ3n) is 4.77. The zero-order valence-electron chi connectivity index (χ0n) is 18.7. The van der Waals surface area contributed by atoms with Crippen molar-refractivity contribution >= 4 is 35.0 Å². The van der Waals surface area contributed by atoms with Gasteiger partial charge in [-0.3, -0.25) is 4.79 Å². The van der Waals surface area contributed by atoms with Crippen molar-refractivity contribution in [3.63, 3.8) is 0 Å². The van der Waals surface area contributed by atoms with Crippen LogP contribution in [0.1, 0.15) is 17.8 Å². The van der Waals surface area contributed by atoms with E-state index in [1.807, 2.05) is 35.8 Å². The molecule has 174 valence electrons. The number of hydrogen-bond donors (Lipinski definition) is 1. The largest absolute Gasteiger partial charge is 0.495 e. The summed E-state index contributed by atoms with van der Waals surface area (Å²) in [6.45, 7) is 7.00. The highest BCUT2D eigenvalue weighted by Gasteiger charge is 2.15. The minimum Gasteiger partial charge on any atom is -0.495 e. The van der Waals surface area contributed by atoms with E-state index in [1.54, 1.807) is 31.4 Å². The lowest BCUT2D eigenvalue weighted by Gasteiger charge is -2.11. The van der Waals surface area contributed by atoms with Crippen molar-refractivity contribution in [1.29, 1.82) is 0 Å². The van der Waals surface area contributed by atoms with E-state index in [1.165, 1.54) is 11.8 Å². The zero-order valence-corrected chi connectivity index (χ0v) is 20.3. The van der Waals surface area contributed by atoms with Gasteiger partial charge in [0.1, 0.15) is 17.3 Å². The minimum atomic E-state index is -0.193. The highest BCUT2D eigenvalue weighted by atomic mass is 35.5. The van der Waals surface area contributed by atoms with Crippen LogP contribution in [-0.2, 0) is 17.8 Å². The average molecular weight is 487 g/mol. The third-order valence-corrected chi connectivity index (χ3v) is 5.97. The van der Waals surface area contributed by atoms with Crippen LogP contribution in [0, 0.1) is 6.92 Å². The highest BCUT2D eigenvalue weighted by molar-refractivity contribution is 7.99. The number of para-hydroxylation sites is 1. The molecule has 1 heterocycles. The molecule has 1 amide bonds. The maximum absolute atomic E-state index is 12.5. The number of aromatic nitrogens is 3. The number of hydrogen-bond acceptors (Lipinski definition) is 6. The number of aryl methyl sites for hydroxylation is 2. The van der Waals surface area contributed by atoms with Crippen molar-refractivity contribution in [1.82, 2.24) is 14.8 Å². The van der Waals surface area contributed by atoms with E-state index < -0.39 is 0 Å². The number of allylic oxidation sites excluding steroid dienone is 1. The van der Waals surface area contributed by atoms with E-state index in [0.29, 0.717) is 41.2 Å². The minimum absolute atomic E-state index is 0.168. The molecule has 0 fully saturated rings. The van der Waals surface area contributed by atoms with Crippen LogP contribution in [-0.4, -0.2) is 40.1 Å². The van der Waals surface area contributed by atoms with Gasteiger partial charge in [0, 0.05) is 18.0 Å². The van der Waals surface area contributed by atoms with Crippen molar-refractivity contribution in [2.75, 3.05) is 24.8 Å². The summed E-state index contributed by atoms with van der Waals surface area (Å²) in [6.07, 6.45) is 3.29. The van der Waals surface area contributed by atoms with Crippen LogP contribution < -0.4 is 14.8 Å². The molecule has 0 unspecified atom stereocenters. The van der Waals surface area contributed by atoms with Crippen LogP contribution in [0.3, 0.4) is 0 Å². The molecule has 0 atom stereocenters. The number of thioether (sulfide) groups is 1. The second-order valence-corrected chi connectivity index (χ2v) is 8.58. The molecule has 2 aromatic carbocycles. The Hall–Kier alpha value is -2.97. The lowest BCUT2D eigenvalue weighted by atomic mass is 10.2. The van der Waals surface area contributed by atoms with Crippen LogP contribution in [0.5, 0.6) is 11.5 Å². The number of benzene rings is 2. The summed E-state index contributed by atoms with van der Waals surface area (Å²) in [5, 5.41) is 12.6. The zero-order chi connectivity index (χ0) is 23.6. The topological polar surface area (TPSA) is 78.3 Å². The lowest BCUT2D eigenvalue weighted by Crippen LogP contribution is -2.15. The molecule has 0 aliphatic rings. The lowest BCUT2D eigenvalue weighted by molar-refractivity contribution is -0.113. The standard InChI is InChI=1S/C24H27ClN4O3S/c1-4-13-29-22(10-7-14-32-20-9-6-5-8-17(20)2)27-28-24(29)33-16-23(30)26-19-15-18(25)11-12-21(19)31-3/h4-6,8-9,11-12,15H,1,7,10,13-14,16H2,2-3H3,(H,26,30). The van der Waals surface area contributed by atoms with Crippen LogP contribution in [0.15, 0.2) is 60.3 Å². The molecule has 1 N–H and O–H groups in total. The van der Waals surface area contributed by atoms with Gasteiger partial charge >= 0.3 is 0 Å². The van der Waals surface area contributed by atoms with Gasteiger partial charge in [0.05, 0.1) is 25.2 Å². The van der Waals surface area contributed by atoms with Crippen LogP contribution in [0.25, 0.3) is 0 Å². The van der Waals surface area contributed by atoms with Gasteiger partial charge in [-0.05, 0) is 43.2 Å². The summed E-state index contributed by atoms with van der Waals surface area (Å²) in [5.41, 5.74) is 1.64. The van der Waals surface area contributed by atoms with Crippen LogP contribution in [0.2, 0.25) is 5.02 Å². The number of methoxy groups -OCH3 is 1. The molecule has 0 spiro atoms. The second kappa shape index (κ2) is 12.3. The molecule has 3 aromatic rings. The maximum Gasteiger partial charge on any atom is 0.234 e. The van der Waals surface area contributed by atoms with E-state index in [2.05, 4.69) is 22.1 Å². The van der Waals surface area contributed by atoms with Crippen molar-refractivity contribution < 1.29 is 14.3 Å². The van der Waals surface area contributed by atoms with Crippen LogP contribution >= 0.6 is 23.4 Å². The number of carbonyl (C=O) groups excluding carboxylic acids is 1. The van der Waals surface area contributed by atoms with Gasteiger partial charge in [0.15, 0.2) is 5.16 Å². The number of anilines is 1. The van der Waals surface area contributed by atoms with Gasteiger partial charge in [-0.25, -0.2) is 0 Å². The maximum atomic E-state index is 12.5. The molecule has 0 radical (unpaired) electrons. The Morgan fingerprint density at radius 2 is 2.06 bits per heavy atom. The number of rotatable bonds is 12. The van der Waals surface area contributed by atoms with E-state index >= 15 is 0 Å². The van der Waals surface area contributed by atoms with Crippen molar-refractivity contribution in [3.8, 4) is 11.5 Å². The molecule has 0 saturated heterocycles. The summed E-state index contributed by atoms with van der Waals surface area (Å²) < 4.78 is 13.1. The fourth-order valence-electron chi connectivity index (χ4n) is 3.15. The summed E-state index contributed by atoms with van der Waals surface area (Å²) in [6, 6.07) is 13.0. The summed E-state index contributed by atoms with van der Waals surface area (Å²) >= 11 is 7.35. The number of carbonyl (C=O) groups is 1. The Kier molecular flexibility index (Phi) is 9.21. The highest BCUT2D eigenvalue weighted by Crippen LogP contribution is 2.28. The van der Waals surface area contributed by atoms with E-state index in [4.69, 9.17) is 21.1 Å². The molecule has 3 rings (SSSR count). The predicted molar refractivity (Wildman–Crippen MR) is 133 cm³/mol. The smallest absolute Gasteiger partial charge is 0.234 e. The van der Waals surface area contributed by atoms with E-state index in [0.717, 1.165) is 23.6 Å². The molecular weight excluding hydrogens is 460 g/mol. The van der Waals surface area contributed by atoms with Crippen molar-refractivity contribution in [2.24, 2.45) is 0 Å². The number of nitrogens with one attached hydrogen (secondary N) is 1. The quantitative estimate of drug-likeness (QED) is 0.216. The van der Waals surface area contributed by atoms with E-state index in [-0.39, 0.29) is 11.7 Å². The van der Waals surface area contributed by atoms with Gasteiger partial charge in [0.2, 0.25) is 5.91 Å². The predicted octanol–water partition coefficient (Wildman–Crippen LogP) is 5.18. The fourth-order valence-corrected chi connectivity index (χ4v) is 4.09. The first-order valence-corrected chi connectivity index (χ1v) is 11.9. The van der Waals surface area contributed by atoms with Crippen molar-refractivity contribution in [2.45, 2.75) is 31.5 Å². The number of ether oxygens (including phenoxy) is 2. The summed E-state index contributed by atoms with van der Waals surface area (Å²) in [5.74, 6) is 2.25. The first kappa shape index (κ1) is 24.7. The second-order valence-electron chi connectivity index (χ2n) is 7.20. The van der Waals surface area contributed by atoms with Crippen LogP contribution in [0.4, 0.5) is 5.69 Å². The number of nitrogens with zero attached hydrogens (tertiary/aromatic N) is 3. The number of halogens is 1. The van der Waals surface area contributed by atoms with Gasteiger partial charge in [0.25, 0.3) is 0 Å². The van der Waals surface area contributed by atoms with Crippen molar-refractivity contribution in [3.05, 3.63) is 71.5 Å². The Labute approximate surface area is 203 Å². The third kappa shape index (κ3) is 7.00. The molecule has 0 aliphatic carbocycles. The summed E-state index contributed by atoms with van der Waals surface area (Å²) in [7, 11) is 1.54. The molecule has 9 heteroatoms. The molecule has 1 aromatic heterocycles. The SMILES string of the molecule is C=CCn1c(CCCOc2ccccc2C)nnc1SCC(=O)Nc1cc(Cl)ccc1OC. The Morgan fingerprint density at radius 3 is 2.82 bits per heavy atom. The fraction of sp³-hybridized carbons (Fsp3) is 0.292.